The van der Waals surface area contributed by atoms with Crippen LogP contribution in [0.3, 0.4) is 0 Å². The fourth-order valence-corrected chi connectivity index (χ4v) is 2.34. The van der Waals surface area contributed by atoms with E-state index in [9.17, 15) is 18.9 Å². The van der Waals surface area contributed by atoms with Crippen molar-refractivity contribution in [2.45, 2.75) is 37.0 Å². The monoisotopic (exact) mass is 260 g/mol. The summed E-state index contributed by atoms with van der Waals surface area (Å²) in [5.41, 5.74) is 5.41. The highest BCUT2D eigenvalue weighted by Gasteiger charge is 2.45. The average molecular weight is 260 g/mol. The number of aromatic amines is 1. The third-order valence-electron chi connectivity index (χ3n) is 3.63. The highest BCUT2D eigenvalue weighted by atomic mass is 19.3. The lowest BCUT2D eigenvalue weighted by molar-refractivity contribution is -0.389. The smallest absolute Gasteiger partial charge is 0.342 e. The second-order valence-electron chi connectivity index (χ2n) is 4.74. The van der Waals surface area contributed by atoms with Crippen LogP contribution in [0.5, 0.6) is 0 Å². The van der Waals surface area contributed by atoms with Gasteiger partial charge in [0.1, 0.15) is 0 Å². The maximum Gasteiger partial charge on any atom is 0.342 e. The van der Waals surface area contributed by atoms with Gasteiger partial charge in [0.05, 0.1) is 11.8 Å². The molecular formula is C10H14F2N4O2. The van der Waals surface area contributed by atoms with Crippen molar-refractivity contribution in [3.8, 4) is 0 Å². The van der Waals surface area contributed by atoms with E-state index in [1.165, 1.54) is 6.07 Å². The van der Waals surface area contributed by atoms with Crippen LogP contribution in [0, 0.1) is 10.1 Å². The van der Waals surface area contributed by atoms with E-state index < -0.39 is 16.3 Å². The molecule has 0 radical (unpaired) electrons. The van der Waals surface area contributed by atoms with E-state index in [0.717, 1.165) is 0 Å². The van der Waals surface area contributed by atoms with Gasteiger partial charge in [0, 0.05) is 24.8 Å². The van der Waals surface area contributed by atoms with Crippen molar-refractivity contribution in [3.63, 3.8) is 0 Å². The first kappa shape index (κ1) is 12.9. The molecular weight excluding hydrogens is 246 g/mol. The predicted molar refractivity (Wildman–Crippen MR) is 59.4 cm³/mol. The zero-order valence-corrected chi connectivity index (χ0v) is 9.66. The number of H-pyrrole nitrogens is 1. The van der Waals surface area contributed by atoms with Gasteiger partial charge in [-0.2, -0.15) is 0 Å². The molecule has 0 unspecified atom stereocenters. The lowest BCUT2D eigenvalue weighted by Gasteiger charge is -2.37. The van der Waals surface area contributed by atoms with Crippen molar-refractivity contribution < 1.29 is 13.7 Å². The number of halogens is 2. The van der Waals surface area contributed by atoms with E-state index in [4.69, 9.17) is 5.73 Å². The van der Waals surface area contributed by atoms with E-state index in [1.807, 2.05) is 0 Å². The Bertz CT molecular complexity index is 450. The minimum absolute atomic E-state index is 0.158. The molecule has 1 heterocycles. The van der Waals surface area contributed by atoms with Crippen molar-refractivity contribution in [3.05, 3.63) is 21.9 Å². The molecule has 1 aliphatic rings. The number of nitro groups is 1. The van der Waals surface area contributed by atoms with Gasteiger partial charge in [0.25, 0.3) is 0 Å². The number of nitrogens with two attached hydrogens (primary N) is 1. The molecule has 1 aromatic rings. The molecule has 1 aliphatic carbocycles. The summed E-state index contributed by atoms with van der Waals surface area (Å²) in [5.74, 6) is -2.91. The van der Waals surface area contributed by atoms with Gasteiger partial charge in [0.15, 0.2) is 0 Å². The van der Waals surface area contributed by atoms with Crippen molar-refractivity contribution in [2.24, 2.45) is 5.73 Å². The molecule has 100 valence electrons. The van der Waals surface area contributed by atoms with Gasteiger partial charge in [-0.05, 0) is 17.8 Å². The molecule has 0 bridgehead atoms. The molecule has 0 spiro atoms. The Hall–Kier alpha value is -1.57. The molecule has 8 heteroatoms. The van der Waals surface area contributed by atoms with Crippen molar-refractivity contribution in [2.75, 3.05) is 6.54 Å². The van der Waals surface area contributed by atoms with Crippen LogP contribution in [0.15, 0.2) is 6.07 Å². The first-order chi connectivity index (χ1) is 8.38. The Balaban J connectivity index is 2.25. The molecule has 6 nitrogen and oxygen atoms in total. The van der Waals surface area contributed by atoms with Gasteiger partial charge in [-0.25, -0.2) is 8.78 Å². The largest absolute Gasteiger partial charge is 0.358 e. The molecule has 0 amide bonds. The van der Waals surface area contributed by atoms with Gasteiger partial charge in [0.2, 0.25) is 5.92 Å². The molecule has 1 fully saturated rings. The zero-order valence-electron chi connectivity index (χ0n) is 9.66. The zero-order chi connectivity index (χ0) is 13.4. The quantitative estimate of drug-likeness (QED) is 0.638. The summed E-state index contributed by atoms with van der Waals surface area (Å²) < 4.78 is 26.3. The van der Waals surface area contributed by atoms with Crippen LogP contribution in [-0.2, 0) is 5.41 Å². The summed E-state index contributed by atoms with van der Waals surface area (Å²) in [4.78, 5) is 9.98. The molecule has 3 N–H and O–H groups in total. The first-order valence-corrected chi connectivity index (χ1v) is 5.67. The highest BCUT2D eigenvalue weighted by molar-refractivity contribution is 5.28. The van der Waals surface area contributed by atoms with Crippen molar-refractivity contribution in [1.29, 1.82) is 0 Å². The third kappa shape index (κ3) is 2.20. The molecule has 18 heavy (non-hydrogen) atoms. The average Bonchev–Trinajstić information content (AvgIpc) is 2.80. The molecule has 0 atom stereocenters. The van der Waals surface area contributed by atoms with E-state index in [1.54, 1.807) is 0 Å². The van der Waals surface area contributed by atoms with Crippen molar-refractivity contribution in [1.82, 2.24) is 10.2 Å². The van der Waals surface area contributed by atoms with Crippen LogP contribution >= 0.6 is 0 Å². The highest BCUT2D eigenvalue weighted by Crippen LogP contribution is 2.44. The lowest BCUT2D eigenvalue weighted by Crippen LogP contribution is -2.42. The summed E-state index contributed by atoms with van der Waals surface area (Å²) in [7, 11) is 0. The standard InChI is InChI=1S/C10H14F2N4O2/c11-10(12)3-1-9(6-13,2-4-10)7-5-8(15-14-7)16(17)18/h5H,1-4,6,13H2,(H,14,15). The molecule has 1 aromatic heterocycles. The van der Waals surface area contributed by atoms with Crippen molar-refractivity contribution >= 4 is 5.82 Å². The second kappa shape index (κ2) is 4.27. The third-order valence-corrected chi connectivity index (χ3v) is 3.63. The van der Waals surface area contributed by atoms with Crippen LogP contribution in [0.2, 0.25) is 0 Å². The van der Waals surface area contributed by atoms with Gasteiger partial charge in [-0.15, -0.1) is 5.10 Å². The molecule has 0 aromatic carbocycles. The molecule has 0 saturated heterocycles. The maximum atomic E-state index is 13.2. The van der Waals surface area contributed by atoms with Crippen LogP contribution in [-0.4, -0.2) is 27.6 Å². The second-order valence-corrected chi connectivity index (χ2v) is 4.74. The Kier molecular flexibility index (Phi) is 3.05. The maximum absolute atomic E-state index is 13.2. The first-order valence-electron chi connectivity index (χ1n) is 5.67. The number of hydrogen-bond donors (Lipinski definition) is 2. The Morgan fingerprint density at radius 2 is 2.06 bits per heavy atom. The SMILES string of the molecule is NCC1(c2cc([N+](=O)[O-])[nH]n2)CCC(F)(F)CC1. The Labute approximate surface area is 102 Å². The molecule has 2 rings (SSSR count). The normalized spacial score (nSPS) is 21.7. The fraction of sp³-hybridized carbons (Fsp3) is 0.700. The number of nitrogens with zero attached hydrogens (tertiary/aromatic N) is 2. The molecule has 0 aliphatic heterocycles. The van der Waals surface area contributed by atoms with E-state index in [0.29, 0.717) is 5.69 Å². The minimum atomic E-state index is -2.67. The van der Waals surface area contributed by atoms with Crippen LogP contribution in [0.25, 0.3) is 0 Å². The fourth-order valence-electron chi connectivity index (χ4n) is 2.34. The predicted octanol–water partition coefficient (Wildman–Crippen LogP) is 1.72. The van der Waals surface area contributed by atoms with Gasteiger partial charge in [-0.1, -0.05) is 5.10 Å². The summed E-state index contributed by atoms with van der Waals surface area (Å²) in [6, 6.07) is 1.29. The Morgan fingerprint density at radius 1 is 1.44 bits per heavy atom. The summed E-state index contributed by atoms with van der Waals surface area (Å²) in [6.07, 6.45) is -0.132. The van der Waals surface area contributed by atoms with Gasteiger partial charge in [-0.3, -0.25) is 0 Å². The number of hydrogen-bond acceptors (Lipinski definition) is 4. The number of nitrogens with one attached hydrogen (secondary N) is 1. The summed E-state index contributed by atoms with van der Waals surface area (Å²) >= 11 is 0. The van der Waals surface area contributed by atoms with Gasteiger partial charge >= 0.3 is 5.82 Å². The Morgan fingerprint density at radius 3 is 2.50 bits per heavy atom. The van der Waals surface area contributed by atoms with Crippen LogP contribution in [0.4, 0.5) is 14.6 Å². The number of aromatic nitrogens is 2. The summed E-state index contributed by atoms with van der Waals surface area (Å²) in [6.45, 7) is 0.158. The summed E-state index contributed by atoms with van der Waals surface area (Å²) in [5, 5.41) is 16.7. The van der Waals surface area contributed by atoms with Crippen LogP contribution in [0.1, 0.15) is 31.4 Å². The minimum Gasteiger partial charge on any atom is -0.358 e. The lowest BCUT2D eigenvalue weighted by atomic mass is 9.70. The molecule has 1 saturated carbocycles. The topological polar surface area (TPSA) is 97.8 Å². The number of alkyl halides is 2. The van der Waals surface area contributed by atoms with E-state index in [2.05, 4.69) is 10.2 Å². The van der Waals surface area contributed by atoms with E-state index in [-0.39, 0.29) is 38.0 Å². The van der Waals surface area contributed by atoms with Crippen LogP contribution < -0.4 is 5.73 Å². The van der Waals surface area contributed by atoms with Gasteiger partial charge < -0.3 is 15.8 Å². The number of rotatable bonds is 3. The van der Waals surface area contributed by atoms with E-state index >= 15 is 0 Å².